The highest BCUT2D eigenvalue weighted by molar-refractivity contribution is 7.20. The molecular formula is C19H16N4OS. The Hall–Kier alpha value is -2.99. The van der Waals surface area contributed by atoms with Crippen molar-refractivity contribution in [1.29, 1.82) is 0 Å². The van der Waals surface area contributed by atoms with Gasteiger partial charge in [0.15, 0.2) is 0 Å². The van der Waals surface area contributed by atoms with E-state index in [1.165, 1.54) is 21.9 Å². The van der Waals surface area contributed by atoms with Crippen LogP contribution in [0.4, 0.5) is 5.13 Å². The van der Waals surface area contributed by atoms with Crippen molar-refractivity contribution in [2.45, 2.75) is 13.0 Å². The van der Waals surface area contributed by atoms with Gasteiger partial charge in [-0.25, -0.2) is 4.98 Å². The molecule has 1 N–H and O–H groups in total. The first-order valence-electron chi connectivity index (χ1n) is 7.95. The standard InChI is InChI=1S/C19H16N4OS/c1-13-12-16(24)23-19(20-13)25-18(22-23)21-17(14-8-4-2-5-9-14)15-10-6-3-7-11-15/h2-12,17H,1H3,(H,21,22). The molecule has 124 valence electrons. The molecule has 0 spiro atoms. The van der Waals surface area contributed by atoms with E-state index in [4.69, 9.17) is 0 Å². The number of nitrogens with one attached hydrogen (secondary N) is 1. The van der Waals surface area contributed by atoms with Crippen LogP contribution in [0.2, 0.25) is 0 Å². The Morgan fingerprint density at radius 1 is 1.00 bits per heavy atom. The zero-order valence-electron chi connectivity index (χ0n) is 13.6. The van der Waals surface area contributed by atoms with Gasteiger partial charge in [-0.2, -0.15) is 4.52 Å². The van der Waals surface area contributed by atoms with Gasteiger partial charge in [-0.3, -0.25) is 4.79 Å². The summed E-state index contributed by atoms with van der Waals surface area (Å²) in [5, 5.41) is 8.51. The van der Waals surface area contributed by atoms with Crippen LogP contribution in [0.5, 0.6) is 0 Å². The third-order valence-electron chi connectivity index (χ3n) is 3.91. The molecule has 0 bridgehead atoms. The second kappa shape index (κ2) is 6.49. The van der Waals surface area contributed by atoms with Gasteiger partial charge in [0, 0.05) is 11.8 Å². The summed E-state index contributed by atoms with van der Waals surface area (Å²) in [5.41, 5.74) is 2.79. The van der Waals surface area contributed by atoms with E-state index in [1.54, 1.807) is 0 Å². The summed E-state index contributed by atoms with van der Waals surface area (Å²) in [6.45, 7) is 1.81. The lowest BCUT2D eigenvalue weighted by Gasteiger charge is -2.18. The lowest BCUT2D eigenvalue weighted by Crippen LogP contribution is -2.16. The van der Waals surface area contributed by atoms with Gasteiger partial charge in [0.25, 0.3) is 5.56 Å². The minimum absolute atomic E-state index is 0.0558. The molecule has 0 radical (unpaired) electrons. The van der Waals surface area contributed by atoms with Crippen molar-refractivity contribution >= 4 is 21.4 Å². The fraction of sp³-hybridized carbons (Fsp3) is 0.105. The normalized spacial score (nSPS) is 11.1. The number of hydrogen-bond acceptors (Lipinski definition) is 5. The molecule has 4 aromatic rings. The van der Waals surface area contributed by atoms with E-state index in [0.717, 1.165) is 11.1 Å². The van der Waals surface area contributed by atoms with Crippen molar-refractivity contribution < 1.29 is 0 Å². The van der Waals surface area contributed by atoms with Crippen LogP contribution < -0.4 is 10.9 Å². The molecule has 2 aromatic heterocycles. The van der Waals surface area contributed by atoms with E-state index in [1.807, 2.05) is 43.3 Å². The maximum atomic E-state index is 12.1. The van der Waals surface area contributed by atoms with E-state index >= 15 is 0 Å². The van der Waals surface area contributed by atoms with Crippen LogP contribution in [0.25, 0.3) is 4.96 Å². The van der Waals surface area contributed by atoms with Crippen molar-refractivity contribution in [3.8, 4) is 0 Å². The predicted molar refractivity (Wildman–Crippen MR) is 100 cm³/mol. The maximum Gasteiger partial charge on any atom is 0.275 e. The topological polar surface area (TPSA) is 59.3 Å². The zero-order valence-corrected chi connectivity index (χ0v) is 14.4. The Morgan fingerprint density at radius 3 is 2.20 bits per heavy atom. The van der Waals surface area contributed by atoms with Crippen molar-refractivity contribution in [2.75, 3.05) is 5.32 Å². The summed E-state index contributed by atoms with van der Waals surface area (Å²) in [7, 11) is 0. The molecular weight excluding hydrogens is 332 g/mol. The third kappa shape index (κ3) is 3.16. The Labute approximate surface area is 148 Å². The molecule has 0 aliphatic carbocycles. The predicted octanol–water partition coefficient (Wildman–Crippen LogP) is 3.66. The summed E-state index contributed by atoms with van der Waals surface area (Å²) in [5.74, 6) is 0. The molecule has 25 heavy (non-hydrogen) atoms. The van der Waals surface area contributed by atoms with Gasteiger partial charge in [-0.15, -0.1) is 5.10 Å². The summed E-state index contributed by atoms with van der Waals surface area (Å²) in [6.07, 6.45) is 0. The summed E-state index contributed by atoms with van der Waals surface area (Å²) in [4.78, 5) is 17.1. The van der Waals surface area contributed by atoms with Crippen molar-refractivity contribution in [3.05, 3.63) is 93.9 Å². The molecule has 5 nitrogen and oxygen atoms in total. The van der Waals surface area contributed by atoms with E-state index in [0.29, 0.717) is 15.8 Å². The molecule has 0 unspecified atom stereocenters. The second-order valence-electron chi connectivity index (χ2n) is 5.74. The number of hydrogen-bond donors (Lipinski definition) is 1. The van der Waals surface area contributed by atoms with Gasteiger partial charge < -0.3 is 5.32 Å². The van der Waals surface area contributed by atoms with E-state index in [2.05, 4.69) is 39.7 Å². The second-order valence-corrected chi connectivity index (χ2v) is 6.69. The van der Waals surface area contributed by atoms with Crippen LogP contribution in [-0.4, -0.2) is 14.6 Å². The lowest BCUT2D eigenvalue weighted by atomic mass is 9.99. The summed E-state index contributed by atoms with van der Waals surface area (Å²) >= 11 is 1.37. The maximum absolute atomic E-state index is 12.1. The highest BCUT2D eigenvalue weighted by Gasteiger charge is 2.16. The van der Waals surface area contributed by atoms with Crippen LogP contribution in [0, 0.1) is 6.92 Å². The molecule has 0 aliphatic rings. The number of anilines is 1. The molecule has 0 fully saturated rings. The van der Waals surface area contributed by atoms with E-state index in [9.17, 15) is 4.79 Å². The lowest BCUT2D eigenvalue weighted by molar-refractivity contribution is 0.867. The molecule has 0 atom stereocenters. The van der Waals surface area contributed by atoms with Gasteiger partial charge in [0.05, 0.1) is 6.04 Å². The first-order chi connectivity index (χ1) is 12.2. The minimum atomic E-state index is -0.164. The van der Waals surface area contributed by atoms with Crippen LogP contribution in [0.3, 0.4) is 0 Å². The number of nitrogens with zero attached hydrogens (tertiary/aromatic N) is 3. The van der Waals surface area contributed by atoms with Crippen LogP contribution in [0.1, 0.15) is 22.9 Å². The fourth-order valence-corrected chi connectivity index (χ4v) is 3.63. The Bertz CT molecular complexity index is 1020. The Balaban J connectivity index is 1.77. The minimum Gasteiger partial charge on any atom is -0.349 e. The summed E-state index contributed by atoms with van der Waals surface area (Å²) < 4.78 is 1.34. The number of fused-ring (bicyclic) bond motifs is 1. The average molecular weight is 348 g/mol. The van der Waals surface area contributed by atoms with Gasteiger partial charge in [-0.1, -0.05) is 72.0 Å². The van der Waals surface area contributed by atoms with E-state index < -0.39 is 0 Å². The van der Waals surface area contributed by atoms with Gasteiger partial charge in [-0.05, 0) is 18.1 Å². The molecule has 0 amide bonds. The quantitative estimate of drug-likeness (QED) is 0.611. The molecule has 0 saturated carbocycles. The molecule has 0 saturated heterocycles. The van der Waals surface area contributed by atoms with Crippen molar-refractivity contribution in [3.63, 3.8) is 0 Å². The smallest absolute Gasteiger partial charge is 0.275 e. The average Bonchev–Trinajstić information content (AvgIpc) is 3.04. The highest BCUT2D eigenvalue weighted by atomic mass is 32.1. The SMILES string of the molecule is Cc1cc(=O)n2nc(NC(c3ccccc3)c3ccccc3)sc2n1. The first kappa shape index (κ1) is 15.5. The largest absolute Gasteiger partial charge is 0.349 e. The Morgan fingerprint density at radius 2 is 1.60 bits per heavy atom. The molecule has 2 heterocycles. The van der Waals surface area contributed by atoms with Gasteiger partial charge in [0.1, 0.15) is 0 Å². The fourth-order valence-electron chi connectivity index (χ4n) is 2.75. The zero-order chi connectivity index (χ0) is 17.2. The van der Waals surface area contributed by atoms with E-state index in [-0.39, 0.29) is 11.6 Å². The number of rotatable bonds is 4. The number of aryl methyl sites for hydroxylation is 1. The van der Waals surface area contributed by atoms with Crippen LogP contribution in [0.15, 0.2) is 71.5 Å². The monoisotopic (exact) mass is 348 g/mol. The van der Waals surface area contributed by atoms with Crippen LogP contribution in [-0.2, 0) is 0 Å². The highest BCUT2D eigenvalue weighted by Crippen LogP contribution is 2.28. The molecule has 4 rings (SSSR count). The van der Waals surface area contributed by atoms with Crippen LogP contribution >= 0.6 is 11.3 Å². The van der Waals surface area contributed by atoms with Crippen molar-refractivity contribution in [1.82, 2.24) is 14.6 Å². The molecule has 0 aliphatic heterocycles. The third-order valence-corrected chi connectivity index (χ3v) is 4.75. The van der Waals surface area contributed by atoms with Gasteiger partial charge in [0.2, 0.25) is 10.1 Å². The number of benzene rings is 2. The Kier molecular flexibility index (Phi) is 4.03. The molecule has 2 aromatic carbocycles. The van der Waals surface area contributed by atoms with Crippen molar-refractivity contribution in [2.24, 2.45) is 0 Å². The van der Waals surface area contributed by atoms with Gasteiger partial charge >= 0.3 is 0 Å². The molecule has 6 heteroatoms. The number of aromatic nitrogens is 3. The summed E-state index contributed by atoms with van der Waals surface area (Å²) in [6, 6.07) is 21.8. The first-order valence-corrected chi connectivity index (χ1v) is 8.76.